The van der Waals surface area contributed by atoms with E-state index in [0.717, 1.165) is 5.56 Å². The van der Waals surface area contributed by atoms with Crippen molar-refractivity contribution in [1.29, 1.82) is 0 Å². The first-order valence-corrected chi connectivity index (χ1v) is 6.41. The van der Waals surface area contributed by atoms with Gasteiger partial charge in [-0.3, -0.25) is 4.79 Å². The minimum atomic E-state index is -0.665. The van der Waals surface area contributed by atoms with Gasteiger partial charge in [0, 0.05) is 12.6 Å². The summed E-state index contributed by atoms with van der Waals surface area (Å²) in [5.41, 5.74) is 0.934. The van der Waals surface area contributed by atoms with Crippen molar-refractivity contribution >= 4 is 18.0 Å². The molecule has 0 bridgehead atoms. The van der Waals surface area contributed by atoms with Crippen LogP contribution >= 0.6 is 0 Å². The molecule has 5 nitrogen and oxygen atoms in total. The van der Waals surface area contributed by atoms with Gasteiger partial charge in [0.2, 0.25) is 5.91 Å². The van der Waals surface area contributed by atoms with E-state index in [2.05, 4.69) is 0 Å². The molecule has 1 aromatic carbocycles. The number of nitrogens with zero attached hydrogens (tertiary/aromatic N) is 1. The van der Waals surface area contributed by atoms with Crippen LogP contribution in [-0.2, 0) is 19.1 Å². The normalized spacial score (nSPS) is 19.1. The number of rotatable bonds is 3. The average Bonchev–Trinajstić information content (AvgIpc) is 2.52. The zero-order valence-electron chi connectivity index (χ0n) is 11.3. The summed E-state index contributed by atoms with van der Waals surface area (Å²) in [6, 6.07) is 8.85. The highest BCUT2D eigenvalue weighted by Crippen LogP contribution is 2.10. The molecule has 0 N–H and O–H groups in total. The van der Waals surface area contributed by atoms with Gasteiger partial charge in [0.25, 0.3) is 0 Å². The molecule has 1 fully saturated rings. The Balaban J connectivity index is 2.06. The molecular formula is C15H17NO4. The molecule has 1 atom stereocenters. The number of morpholine rings is 1. The van der Waals surface area contributed by atoms with Gasteiger partial charge in [0.05, 0.1) is 20.3 Å². The lowest BCUT2D eigenvalue weighted by molar-refractivity contribution is -0.158. The molecule has 1 amide bonds. The zero-order chi connectivity index (χ0) is 14.4. The lowest BCUT2D eigenvalue weighted by Crippen LogP contribution is -2.52. The van der Waals surface area contributed by atoms with Crippen LogP contribution in [0.5, 0.6) is 0 Å². The standard InChI is InChI=1S/C15H17NO4/c1-19-15(18)13-11-20-10-9-16(13)14(17)8-7-12-5-3-2-4-6-12/h2-8,13H,9-11H2,1H3/b8-7+. The Morgan fingerprint density at radius 2 is 2.10 bits per heavy atom. The van der Waals surface area contributed by atoms with E-state index in [-0.39, 0.29) is 12.5 Å². The number of esters is 1. The van der Waals surface area contributed by atoms with Gasteiger partial charge in [-0.05, 0) is 11.6 Å². The Hall–Kier alpha value is -2.14. The van der Waals surface area contributed by atoms with E-state index in [1.807, 2.05) is 30.3 Å². The fraction of sp³-hybridized carbons (Fsp3) is 0.333. The molecular weight excluding hydrogens is 258 g/mol. The van der Waals surface area contributed by atoms with Gasteiger partial charge in [-0.1, -0.05) is 30.3 Å². The van der Waals surface area contributed by atoms with Crippen molar-refractivity contribution in [3.05, 3.63) is 42.0 Å². The maximum atomic E-state index is 12.2. The number of benzene rings is 1. The quantitative estimate of drug-likeness (QED) is 0.612. The van der Waals surface area contributed by atoms with Crippen LogP contribution in [0.25, 0.3) is 6.08 Å². The fourth-order valence-electron chi connectivity index (χ4n) is 2.03. The smallest absolute Gasteiger partial charge is 0.331 e. The number of carbonyl (C=O) groups excluding carboxylic acids is 2. The summed E-state index contributed by atoms with van der Waals surface area (Å²) >= 11 is 0. The van der Waals surface area contributed by atoms with Gasteiger partial charge in [0.1, 0.15) is 0 Å². The SMILES string of the molecule is COC(=O)C1COCCN1C(=O)/C=C/c1ccccc1. The van der Waals surface area contributed by atoms with Gasteiger partial charge in [0.15, 0.2) is 6.04 Å². The molecule has 0 aliphatic carbocycles. The Bertz CT molecular complexity index is 498. The molecule has 0 radical (unpaired) electrons. The van der Waals surface area contributed by atoms with Crippen LogP contribution in [0.1, 0.15) is 5.56 Å². The third-order valence-electron chi connectivity index (χ3n) is 3.10. The highest BCUT2D eigenvalue weighted by molar-refractivity contribution is 5.94. The third-order valence-corrected chi connectivity index (χ3v) is 3.10. The molecule has 0 aromatic heterocycles. The van der Waals surface area contributed by atoms with Crippen LogP contribution in [0, 0.1) is 0 Å². The van der Waals surface area contributed by atoms with Crippen LogP contribution < -0.4 is 0 Å². The number of methoxy groups -OCH3 is 1. The zero-order valence-corrected chi connectivity index (χ0v) is 11.3. The van der Waals surface area contributed by atoms with Crippen molar-refractivity contribution in [3.63, 3.8) is 0 Å². The van der Waals surface area contributed by atoms with Crippen LogP contribution in [-0.4, -0.2) is 49.7 Å². The van der Waals surface area contributed by atoms with Crippen molar-refractivity contribution in [3.8, 4) is 0 Å². The van der Waals surface area contributed by atoms with E-state index in [0.29, 0.717) is 13.2 Å². The van der Waals surface area contributed by atoms with E-state index < -0.39 is 12.0 Å². The summed E-state index contributed by atoms with van der Waals surface area (Å²) in [6.45, 7) is 0.994. The van der Waals surface area contributed by atoms with Crippen molar-refractivity contribution in [1.82, 2.24) is 4.90 Å². The highest BCUT2D eigenvalue weighted by Gasteiger charge is 2.32. The number of carbonyl (C=O) groups is 2. The van der Waals surface area contributed by atoms with Crippen LogP contribution in [0.4, 0.5) is 0 Å². The summed E-state index contributed by atoms with van der Waals surface area (Å²) in [5.74, 6) is -0.668. The molecule has 20 heavy (non-hydrogen) atoms. The maximum Gasteiger partial charge on any atom is 0.331 e. The topological polar surface area (TPSA) is 55.8 Å². The molecule has 1 heterocycles. The summed E-state index contributed by atoms with van der Waals surface area (Å²) in [7, 11) is 1.30. The van der Waals surface area contributed by atoms with Crippen LogP contribution in [0.2, 0.25) is 0 Å². The predicted octanol–water partition coefficient (Wildman–Crippen LogP) is 1.10. The molecule has 1 aliphatic heterocycles. The first kappa shape index (κ1) is 14.3. The number of amides is 1. The van der Waals surface area contributed by atoms with Gasteiger partial charge in [-0.15, -0.1) is 0 Å². The van der Waals surface area contributed by atoms with E-state index in [1.54, 1.807) is 6.08 Å². The molecule has 1 unspecified atom stereocenters. The number of hydrogen-bond donors (Lipinski definition) is 0. The molecule has 5 heteroatoms. The summed E-state index contributed by atoms with van der Waals surface area (Å²) in [6.07, 6.45) is 3.20. The van der Waals surface area contributed by atoms with E-state index in [4.69, 9.17) is 9.47 Å². The van der Waals surface area contributed by atoms with E-state index in [1.165, 1.54) is 18.1 Å². The van der Waals surface area contributed by atoms with Crippen molar-refractivity contribution in [2.75, 3.05) is 26.9 Å². The van der Waals surface area contributed by atoms with Crippen LogP contribution in [0.15, 0.2) is 36.4 Å². The minimum Gasteiger partial charge on any atom is -0.467 e. The average molecular weight is 275 g/mol. The van der Waals surface area contributed by atoms with E-state index in [9.17, 15) is 9.59 Å². The Labute approximate surface area is 117 Å². The number of hydrogen-bond acceptors (Lipinski definition) is 4. The van der Waals surface area contributed by atoms with Gasteiger partial charge >= 0.3 is 5.97 Å². The first-order valence-electron chi connectivity index (χ1n) is 6.41. The van der Waals surface area contributed by atoms with Gasteiger partial charge in [-0.2, -0.15) is 0 Å². The Kier molecular flexibility index (Phi) is 4.90. The van der Waals surface area contributed by atoms with Gasteiger partial charge in [-0.25, -0.2) is 4.79 Å². The van der Waals surface area contributed by atoms with Crippen molar-refractivity contribution in [2.45, 2.75) is 6.04 Å². The predicted molar refractivity (Wildman–Crippen MR) is 73.8 cm³/mol. The fourth-order valence-corrected chi connectivity index (χ4v) is 2.03. The summed E-state index contributed by atoms with van der Waals surface area (Å²) < 4.78 is 9.93. The molecule has 1 saturated heterocycles. The second-order valence-electron chi connectivity index (χ2n) is 4.39. The molecule has 106 valence electrons. The summed E-state index contributed by atoms with van der Waals surface area (Å²) in [5, 5.41) is 0. The van der Waals surface area contributed by atoms with Crippen LogP contribution in [0.3, 0.4) is 0 Å². The maximum absolute atomic E-state index is 12.2. The lowest BCUT2D eigenvalue weighted by Gasteiger charge is -2.32. The molecule has 0 saturated carbocycles. The molecule has 2 rings (SSSR count). The second-order valence-corrected chi connectivity index (χ2v) is 4.39. The van der Waals surface area contributed by atoms with Crippen molar-refractivity contribution in [2.24, 2.45) is 0 Å². The molecule has 1 aliphatic rings. The molecule has 0 spiro atoms. The Morgan fingerprint density at radius 1 is 1.35 bits per heavy atom. The number of ether oxygens (including phenoxy) is 2. The van der Waals surface area contributed by atoms with Crippen molar-refractivity contribution < 1.29 is 19.1 Å². The minimum absolute atomic E-state index is 0.178. The largest absolute Gasteiger partial charge is 0.467 e. The highest BCUT2D eigenvalue weighted by atomic mass is 16.5. The lowest BCUT2D eigenvalue weighted by atomic mass is 10.2. The Morgan fingerprint density at radius 3 is 2.80 bits per heavy atom. The van der Waals surface area contributed by atoms with E-state index >= 15 is 0 Å². The summed E-state index contributed by atoms with van der Waals surface area (Å²) in [4.78, 5) is 25.3. The second kappa shape index (κ2) is 6.86. The first-order chi connectivity index (χ1) is 9.72. The molecule has 1 aromatic rings. The monoisotopic (exact) mass is 275 g/mol. The third kappa shape index (κ3) is 3.45. The van der Waals surface area contributed by atoms with Gasteiger partial charge < -0.3 is 14.4 Å².